The van der Waals surface area contributed by atoms with Gasteiger partial charge in [-0.15, -0.1) is 12.4 Å². The Bertz CT molecular complexity index is 1230. The maximum absolute atomic E-state index is 14.5. The fourth-order valence-electron chi connectivity index (χ4n) is 4.10. The van der Waals surface area contributed by atoms with Gasteiger partial charge in [0.15, 0.2) is 0 Å². The highest BCUT2D eigenvalue weighted by atomic mass is 35.5. The Morgan fingerprint density at radius 3 is 2.71 bits per heavy atom. The highest BCUT2D eigenvalue weighted by molar-refractivity contribution is 5.96. The van der Waals surface area contributed by atoms with Gasteiger partial charge in [-0.3, -0.25) is 9.78 Å². The van der Waals surface area contributed by atoms with E-state index in [0.29, 0.717) is 41.0 Å². The molecule has 1 saturated heterocycles. The van der Waals surface area contributed by atoms with Gasteiger partial charge in [-0.25, -0.2) is 17.9 Å². The Kier molecular flexibility index (Phi) is 7.05. The van der Waals surface area contributed by atoms with Crippen LogP contribution in [0.15, 0.2) is 43.0 Å². The van der Waals surface area contributed by atoms with Crippen molar-refractivity contribution in [2.75, 3.05) is 18.4 Å². The number of rotatable bonds is 6. The summed E-state index contributed by atoms with van der Waals surface area (Å²) in [6.07, 6.45) is 8.55. The fourth-order valence-corrected chi connectivity index (χ4v) is 4.10. The minimum atomic E-state index is -2.86. The second-order valence-corrected chi connectivity index (χ2v) is 8.92. The molecule has 7 nitrogen and oxygen atoms in total. The van der Waals surface area contributed by atoms with Gasteiger partial charge in [0.2, 0.25) is 0 Å². The van der Waals surface area contributed by atoms with E-state index in [1.807, 2.05) is 0 Å². The van der Waals surface area contributed by atoms with Crippen molar-refractivity contribution in [3.63, 3.8) is 0 Å². The van der Waals surface area contributed by atoms with Crippen LogP contribution in [0.2, 0.25) is 0 Å². The molecule has 2 fully saturated rings. The maximum atomic E-state index is 14.5. The van der Waals surface area contributed by atoms with Crippen LogP contribution in [0.1, 0.15) is 35.2 Å². The molecule has 1 aromatic carbocycles. The van der Waals surface area contributed by atoms with Crippen molar-refractivity contribution >= 4 is 24.0 Å². The van der Waals surface area contributed by atoms with Crippen LogP contribution in [-0.2, 0) is 0 Å². The van der Waals surface area contributed by atoms with Crippen molar-refractivity contribution in [2.45, 2.75) is 44.2 Å². The van der Waals surface area contributed by atoms with Gasteiger partial charge in [-0.1, -0.05) is 0 Å². The first kappa shape index (κ1) is 25.0. The van der Waals surface area contributed by atoms with Gasteiger partial charge in [-0.05, 0) is 62.1 Å². The van der Waals surface area contributed by atoms with Crippen LogP contribution in [0.5, 0.6) is 0 Å². The Labute approximate surface area is 206 Å². The van der Waals surface area contributed by atoms with Crippen LogP contribution in [0.25, 0.3) is 16.8 Å². The largest absolute Gasteiger partial charge is 0.375 e. The van der Waals surface area contributed by atoms with Gasteiger partial charge < -0.3 is 16.0 Å². The number of amides is 1. The minimum Gasteiger partial charge on any atom is -0.375 e. The van der Waals surface area contributed by atoms with Gasteiger partial charge in [0.25, 0.3) is 11.8 Å². The highest BCUT2D eigenvalue weighted by Gasteiger charge is 2.41. The number of pyridine rings is 1. The lowest BCUT2D eigenvalue weighted by Crippen LogP contribution is -2.52. The average molecular weight is 507 g/mol. The number of hydrogen-bond acceptors (Lipinski definition) is 5. The number of piperidine rings is 1. The van der Waals surface area contributed by atoms with Crippen molar-refractivity contribution in [3.8, 4) is 16.8 Å². The summed E-state index contributed by atoms with van der Waals surface area (Å²) in [5.74, 6) is -3.85. The molecule has 5 rings (SSSR count). The monoisotopic (exact) mass is 506 g/mol. The molecule has 1 aliphatic carbocycles. The lowest BCUT2D eigenvalue weighted by atomic mass is 9.99. The van der Waals surface area contributed by atoms with Gasteiger partial charge in [0.1, 0.15) is 5.82 Å². The molecule has 35 heavy (non-hydrogen) atoms. The predicted octanol–water partition coefficient (Wildman–Crippen LogP) is 4.10. The number of carbonyl (C=O) groups excluding carboxylic acids is 1. The van der Waals surface area contributed by atoms with Crippen molar-refractivity contribution in [2.24, 2.45) is 0 Å². The number of aryl methyl sites for hydroxylation is 1. The molecule has 3 N–H and O–H groups in total. The molecule has 1 unspecified atom stereocenters. The molecule has 3 heterocycles. The number of nitrogens with one attached hydrogen (secondary N) is 3. The van der Waals surface area contributed by atoms with Crippen molar-refractivity contribution in [3.05, 3.63) is 59.9 Å². The second-order valence-electron chi connectivity index (χ2n) is 8.92. The predicted molar refractivity (Wildman–Crippen MR) is 129 cm³/mol. The normalized spacial score (nSPS) is 19.0. The minimum absolute atomic E-state index is 0. The zero-order valence-electron chi connectivity index (χ0n) is 19.0. The summed E-state index contributed by atoms with van der Waals surface area (Å²) in [7, 11) is 0. The molecular formula is C24H26ClF3N6O. The molecule has 2 aliphatic rings. The standard InChI is InChI=1S/C24H25F3N6O.ClH/c1-14-6-21(25)20(23(34)32-16-2-3-16)8-19(14)15-9-30-33(12-15)18-7-17(10-29-11-18)31-22-4-5-28-13-24(22,26)27;/h6-12,16,22,28,31H,2-5,13H2,1H3,(H,32,34);1H. The highest BCUT2D eigenvalue weighted by Crippen LogP contribution is 2.29. The Morgan fingerprint density at radius 1 is 1.17 bits per heavy atom. The molecule has 11 heteroatoms. The maximum Gasteiger partial charge on any atom is 0.279 e. The van der Waals surface area contributed by atoms with Gasteiger partial charge in [-0.2, -0.15) is 5.10 Å². The Morgan fingerprint density at radius 2 is 1.97 bits per heavy atom. The summed E-state index contributed by atoms with van der Waals surface area (Å²) < 4.78 is 44.4. The summed E-state index contributed by atoms with van der Waals surface area (Å²) in [5.41, 5.74) is 3.10. The van der Waals surface area contributed by atoms with Crippen LogP contribution in [0.4, 0.5) is 18.9 Å². The van der Waals surface area contributed by atoms with Crippen molar-refractivity contribution in [1.82, 2.24) is 25.4 Å². The number of halogens is 4. The lowest BCUT2D eigenvalue weighted by molar-refractivity contribution is -0.0321. The molecule has 1 aliphatic heterocycles. The van der Waals surface area contributed by atoms with Crippen LogP contribution < -0.4 is 16.0 Å². The third kappa shape index (κ3) is 5.43. The van der Waals surface area contributed by atoms with E-state index in [-0.39, 0.29) is 30.6 Å². The van der Waals surface area contributed by atoms with Crippen LogP contribution >= 0.6 is 12.4 Å². The summed E-state index contributed by atoms with van der Waals surface area (Å²) >= 11 is 0. The number of benzene rings is 1. The van der Waals surface area contributed by atoms with E-state index >= 15 is 0 Å². The molecule has 3 aromatic rings. The third-order valence-electron chi connectivity index (χ3n) is 6.17. The number of hydrogen-bond donors (Lipinski definition) is 3. The van der Waals surface area contributed by atoms with E-state index in [2.05, 4.69) is 26.0 Å². The molecule has 0 radical (unpaired) electrons. The first-order valence-electron chi connectivity index (χ1n) is 11.3. The van der Waals surface area contributed by atoms with Crippen LogP contribution in [0.3, 0.4) is 0 Å². The first-order valence-corrected chi connectivity index (χ1v) is 11.3. The summed E-state index contributed by atoms with van der Waals surface area (Å²) in [4.78, 5) is 16.6. The van der Waals surface area contributed by atoms with E-state index in [0.717, 1.165) is 12.8 Å². The molecular weight excluding hydrogens is 481 g/mol. The number of anilines is 1. The van der Waals surface area contributed by atoms with Gasteiger partial charge in [0, 0.05) is 17.8 Å². The zero-order chi connectivity index (χ0) is 23.9. The second kappa shape index (κ2) is 9.87. The van der Waals surface area contributed by atoms with Crippen molar-refractivity contribution < 1.29 is 18.0 Å². The lowest BCUT2D eigenvalue weighted by Gasteiger charge is -2.33. The molecule has 186 valence electrons. The third-order valence-corrected chi connectivity index (χ3v) is 6.17. The van der Waals surface area contributed by atoms with Gasteiger partial charge in [0.05, 0.1) is 48.1 Å². The Hall–Kier alpha value is -3.11. The summed E-state index contributed by atoms with van der Waals surface area (Å²) in [6, 6.07) is 3.73. The number of carbonyl (C=O) groups is 1. The molecule has 1 amide bonds. The van der Waals surface area contributed by atoms with Crippen LogP contribution in [-0.4, -0.2) is 51.8 Å². The van der Waals surface area contributed by atoms with E-state index in [4.69, 9.17) is 0 Å². The number of alkyl halides is 2. The van der Waals surface area contributed by atoms with E-state index in [9.17, 15) is 18.0 Å². The van der Waals surface area contributed by atoms with E-state index in [1.54, 1.807) is 42.3 Å². The zero-order valence-corrected chi connectivity index (χ0v) is 19.8. The smallest absolute Gasteiger partial charge is 0.279 e. The van der Waals surface area contributed by atoms with Crippen molar-refractivity contribution in [1.29, 1.82) is 0 Å². The van der Waals surface area contributed by atoms with E-state index in [1.165, 1.54) is 12.3 Å². The number of aromatic nitrogens is 3. The number of nitrogens with zero attached hydrogens (tertiary/aromatic N) is 3. The summed E-state index contributed by atoms with van der Waals surface area (Å²) in [6.45, 7) is 1.92. The Balaban J connectivity index is 0.00000289. The summed E-state index contributed by atoms with van der Waals surface area (Å²) in [5, 5.41) is 12.8. The first-order chi connectivity index (χ1) is 16.3. The molecule has 2 aromatic heterocycles. The van der Waals surface area contributed by atoms with E-state index < -0.39 is 23.7 Å². The van der Waals surface area contributed by atoms with Crippen LogP contribution in [0, 0.1) is 12.7 Å². The molecule has 0 spiro atoms. The fraction of sp³-hybridized carbons (Fsp3) is 0.375. The average Bonchev–Trinajstić information content (AvgIpc) is 3.47. The molecule has 1 atom stereocenters. The molecule has 0 bridgehead atoms. The quantitative estimate of drug-likeness (QED) is 0.469. The molecule has 1 saturated carbocycles. The van der Waals surface area contributed by atoms with Gasteiger partial charge >= 0.3 is 0 Å². The SMILES string of the molecule is Cc1cc(F)c(C(=O)NC2CC2)cc1-c1cnn(-c2cncc(NC3CCNCC3(F)F)c2)c1.Cl. The topological polar surface area (TPSA) is 83.9 Å².